The van der Waals surface area contributed by atoms with Crippen molar-refractivity contribution < 1.29 is 23.8 Å². The molecular weight excluding hydrogens is 332 g/mol. The van der Waals surface area contributed by atoms with E-state index in [1.54, 1.807) is 0 Å². The second-order valence-corrected chi connectivity index (χ2v) is 6.53. The van der Waals surface area contributed by atoms with Crippen LogP contribution < -0.4 is 0 Å². The van der Waals surface area contributed by atoms with E-state index in [9.17, 15) is 9.59 Å². The van der Waals surface area contributed by atoms with Gasteiger partial charge >= 0.3 is 11.9 Å². The Hall–Kier alpha value is -2.56. The van der Waals surface area contributed by atoms with E-state index in [0.29, 0.717) is 0 Å². The highest BCUT2D eigenvalue weighted by Gasteiger charge is 2.15. The minimum Gasteiger partial charge on any atom is -0.475 e. The fourth-order valence-corrected chi connectivity index (χ4v) is 2.23. The van der Waals surface area contributed by atoms with Crippen molar-refractivity contribution in [3.05, 3.63) is 58.6 Å². The van der Waals surface area contributed by atoms with Gasteiger partial charge in [-0.05, 0) is 71.6 Å². The van der Waals surface area contributed by atoms with Crippen LogP contribution in [0.4, 0.5) is 0 Å². The molecule has 5 nitrogen and oxygen atoms in total. The number of esters is 1. The zero-order valence-corrected chi connectivity index (χ0v) is 16.0. The number of furan rings is 1. The van der Waals surface area contributed by atoms with Crippen LogP contribution in [0.3, 0.4) is 0 Å². The monoisotopic (exact) mass is 360 g/mol. The van der Waals surface area contributed by atoms with Gasteiger partial charge in [0.2, 0.25) is 11.5 Å². The number of carboxylic acid groups (broad SMARTS) is 1. The Morgan fingerprint density at radius 3 is 2.12 bits per heavy atom. The summed E-state index contributed by atoms with van der Waals surface area (Å²) in [6, 6.07) is 2.53. The van der Waals surface area contributed by atoms with E-state index < -0.39 is 11.9 Å². The van der Waals surface area contributed by atoms with E-state index in [1.165, 1.54) is 23.3 Å². The summed E-state index contributed by atoms with van der Waals surface area (Å²) in [6.07, 6.45) is 10.4. The molecule has 0 atom stereocenters. The van der Waals surface area contributed by atoms with Crippen molar-refractivity contribution in [3.8, 4) is 0 Å². The molecule has 1 N–H and O–H groups in total. The van der Waals surface area contributed by atoms with Gasteiger partial charge in [-0.2, -0.15) is 0 Å². The zero-order chi connectivity index (χ0) is 19.5. The zero-order valence-electron chi connectivity index (χ0n) is 16.0. The molecule has 0 unspecified atom stereocenters. The molecule has 142 valence electrons. The first-order valence-electron chi connectivity index (χ1n) is 8.74. The summed E-state index contributed by atoms with van der Waals surface area (Å²) in [5.41, 5.74) is 3.87. The molecule has 0 bridgehead atoms. The van der Waals surface area contributed by atoms with Crippen molar-refractivity contribution in [2.45, 2.75) is 53.4 Å². The first-order valence-corrected chi connectivity index (χ1v) is 8.74. The third kappa shape index (κ3) is 8.51. The lowest BCUT2D eigenvalue weighted by Crippen LogP contribution is -2.04. The minimum atomic E-state index is -1.22. The van der Waals surface area contributed by atoms with Gasteiger partial charge in [0.15, 0.2) is 0 Å². The van der Waals surface area contributed by atoms with E-state index in [2.05, 4.69) is 32.9 Å². The van der Waals surface area contributed by atoms with Gasteiger partial charge in [-0.1, -0.05) is 28.9 Å². The normalized spacial score (nSPS) is 12.0. The van der Waals surface area contributed by atoms with Gasteiger partial charge in [-0.3, -0.25) is 0 Å². The number of carbonyl (C=O) groups excluding carboxylic acids is 1. The van der Waals surface area contributed by atoms with Gasteiger partial charge < -0.3 is 14.3 Å². The lowest BCUT2D eigenvalue weighted by atomic mass is 10.1. The summed E-state index contributed by atoms with van der Waals surface area (Å²) in [6.45, 7) is 8.50. The lowest BCUT2D eigenvalue weighted by molar-refractivity contribution is 0.0506. The lowest BCUT2D eigenvalue weighted by Gasteiger charge is -2.03. The molecule has 1 rings (SSSR count). The summed E-state index contributed by atoms with van der Waals surface area (Å²) in [5, 5.41) is 8.76. The highest BCUT2D eigenvalue weighted by atomic mass is 16.5. The fourth-order valence-electron chi connectivity index (χ4n) is 2.23. The SMILES string of the molecule is CC(C)=CCCC(C)=CCCC(C)=CCOC(=O)c1ccc(C(=O)O)o1. The fraction of sp³-hybridized carbons (Fsp3) is 0.429. The third-order valence-electron chi connectivity index (χ3n) is 3.79. The Balaban J connectivity index is 2.33. The molecule has 0 amide bonds. The molecule has 0 fully saturated rings. The molecule has 0 radical (unpaired) electrons. The smallest absolute Gasteiger partial charge is 0.374 e. The Morgan fingerprint density at radius 1 is 0.962 bits per heavy atom. The van der Waals surface area contributed by atoms with Gasteiger partial charge in [0.25, 0.3) is 0 Å². The molecule has 0 saturated heterocycles. The predicted molar refractivity (Wildman–Crippen MR) is 101 cm³/mol. The average molecular weight is 360 g/mol. The van der Waals surface area contributed by atoms with Gasteiger partial charge in [-0.25, -0.2) is 9.59 Å². The van der Waals surface area contributed by atoms with E-state index in [4.69, 9.17) is 14.3 Å². The average Bonchev–Trinajstić information content (AvgIpc) is 3.04. The van der Waals surface area contributed by atoms with Crippen LogP contribution in [0, 0.1) is 0 Å². The number of aromatic carboxylic acids is 1. The predicted octanol–water partition coefficient (Wildman–Crippen LogP) is 5.55. The maximum Gasteiger partial charge on any atom is 0.374 e. The highest BCUT2D eigenvalue weighted by molar-refractivity contribution is 5.90. The quantitative estimate of drug-likeness (QED) is 0.437. The molecule has 0 spiro atoms. The number of ether oxygens (including phenoxy) is 1. The van der Waals surface area contributed by atoms with Crippen LogP contribution in [0.2, 0.25) is 0 Å². The number of hydrogen-bond acceptors (Lipinski definition) is 4. The van der Waals surface area contributed by atoms with Crippen LogP contribution in [0.5, 0.6) is 0 Å². The number of rotatable bonds is 10. The molecule has 26 heavy (non-hydrogen) atoms. The molecule has 0 aromatic carbocycles. The molecule has 5 heteroatoms. The Bertz CT molecular complexity index is 700. The molecule has 1 aromatic rings. The maximum absolute atomic E-state index is 11.8. The van der Waals surface area contributed by atoms with Crippen LogP contribution in [0.15, 0.2) is 51.5 Å². The Morgan fingerprint density at radius 2 is 1.54 bits per heavy atom. The first kappa shape index (κ1) is 21.5. The molecule has 1 aromatic heterocycles. The Labute approximate surface area is 155 Å². The number of hydrogen-bond donors (Lipinski definition) is 1. The second-order valence-electron chi connectivity index (χ2n) is 6.53. The van der Waals surface area contributed by atoms with Crippen molar-refractivity contribution in [2.24, 2.45) is 0 Å². The topological polar surface area (TPSA) is 76.7 Å². The molecule has 0 aliphatic carbocycles. The van der Waals surface area contributed by atoms with Crippen molar-refractivity contribution in [1.29, 1.82) is 0 Å². The summed E-state index contributed by atoms with van der Waals surface area (Å²) in [7, 11) is 0. The van der Waals surface area contributed by atoms with Crippen LogP contribution in [0.1, 0.15) is 74.5 Å². The highest BCUT2D eigenvalue weighted by Crippen LogP contribution is 2.12. The van der Waals surface area contributed by atoms with E-state index in [1.807, 2.05) is 13.0 Å². The van der Waals surface area contributed by atoms with Crippen molar-refractivity contribution in [1.82, 2.24) is 0 Å². The summed E-state index contributed by atoms with van der Waals surface area (Å²) in [5.74, 6) is -2.28. The van der Waals surface area contributed by atoms with Crippen molar-refractivity contribution in [2.75, 3.05) is 6.61 Å². The van der Waals surface area contributed by atoms with Crippen LogP contribution in [-0.2, 0) is 4.74 Å². The first-order chi connectivity index (χ1) is 12.3. The van der Waals surface area contributed by atoms with Crippen molar-refractivity contribution in [3.63, 3.8) is 0 Å². The standard InChI is InChI=1S/C21H28O5/c1-15(2)7-5-8-16(3)9-6-10-17(4)13-14-25-21(24)19-12-11-18(26-19)20(22)23/h7,9,11-13H,5-6,8,10,14H2,1-4H3,(H,22,23). The van der Waals surface area contributed by atoms with Gasteiger partial charge in [0.05, 0.1) is 0 Å². The van der Waals surface area contributed by atoms with E-state index >= 15 is 0 Å². The number of allylic oxidation sites excluding steroid dienone is 5. The summed E-state index contributed by atoms with van der Waals surface area (Å²) >= 11 is 0. The molecule has 0 aliphatic rings. The maximum atomic E-state index is 11.8. The summed E-state index contributed by atoms with van der Waals surface area (Å²) < 4.78 is 9.97. The van der Waals surface area contributed by atoms with Gasteiger partial charge in [-0.15, -0.1) is 0 Å². The van der Waals surface area contributed by atoms with Crippen LogP contribution in [0.25, 0.3) is 0 Å². The van der Waals surface area contributed by atoms with Gasteiger partial charge in [0, 0.05) is 0 Å². The number of carboxylic acids is 1. The molecule has 1 heterocycles. The second kappa shape index (κ2) is 11.1. The van der Waals surface area contributed by atoms with Crippen LogP contribution in [-0.4, -0.2) is 23.7 Å². The van der Waals surface area contributed by atoms with Gasteiger partial charge in [0.1, 0.15) is 6.61 Å². The number of carbonyl (C=O) groups is 2. The van der Waals surface area contributed by atoms with E-state index in [0.717, 1.165) is 31.3 Å². The minimum absolute atomic E-state index is 0.108. The largest absolute Gasteiger partial charge is 0.475 e. The third-order valence-corrected chi connectivity index (χ3v) is 3.79. The van der Waals surface area contributed by atoms with Crippen LogP contribution >= 0.6 is 0 Å². The molecule has 0 aliphatic heterocycles. The molecular formula is C21H28O5. The summed E-state index contributed by atoms with van der Waals surface area (Å²) in [4.78, 5) is 22.5. The molecule has 0 saturated carbocycles. The Kier molecular flexibility index (Phi) is 9.20. The van der Waals surface area contributed by atoms with E-state index in [-0.39, 0.29) is 18.1 Å². The van der Waals surface area contributed by atoms with Crippen molar-refractivity contribution >= 4 is 11.9 Å².